The minimum absolute atomic E-state index is 0.414. The van der Waals surface area contributed by atoms with Crippen molar-refractivity contribution in [1.29, 1.82) is 0 Å². The number of nitrogens with zero attached hydrogens (tertiary/aromatic N) is 3. The molecule has 0 aliphatic rings. The van der Waals surface area contributed by atoms with Crippen LogP contribution >= 0.6 is 0 Å². The van der Waals surface area contributed by atoms with E-state index in [1.165, 1.54) is 0 Å². The third-order valence-electron chi connectivity index (χ3n) is 1.97. The van der Waals surface area contributed by atoms with Crippen LogP contribution in [0.4, 0.5) is 0 Å². The molecule has 0 saturated heterocycles. The molecule has 0 unspecified atom stereocenters. The van der Waals surface area contributed by atoms with Crippen LogP contribution in [0, 0.1) is 0 Å². The van der Waals surface area contributed by atoms with Crippen molar-refractivity contribution < 1.29 is 0 Å². The lowest BCUT2D eigenvalue weighted by Crippen LogP contribution is -1.96. The summed E-state index contributed by atoms with van der Waals surface area (Å²) in [7, 11) is 0. The summed E-state index contributed by atoms with van der Waals surface area (Å²) in [5.41, 5.74) is 1.73. The van der Waals surface area contributed by atoms with Gasteiger partial charge in [-0.2, -0.15) is 5.10 Å². The number of pyridine rings is 1. The minimum Gasteiger partial charge on any atom is -0.235 e. The normalized spacial score (nSPS) is 11.0. The molecule has 0 atom stereocenters. The molecule has 0 N–H and O–H groups in total. The third-order valence-corrected chi connectivity index (χ3v) is 1.97. The van der Waals surface area contributed by atoms with Crippen molar-refractivity contribution in [2.75, 3.05) is 0 Å². The molecular formula is C10H11N3. The molecule has 3 heteroatoms. The molecule has 2 aromatic rings. The zero-order valence-corrected chi connectivity index (χ0v) is 7.73. The average molecular weight is 173 g/mol. The maximum atomic E-state index is 4.11. The monoisotopic (exact) mass is 173 g/mol. The van der Waals surface area contributed by atoms with E-state index in [0.29, 0.717) is 11.6 Å². The van der Waals surface area contributed by atoms with Gasteiger partial charge in [0.1, 0.15) is 0 Å². The fourth-order valence-corrected chi connectivity index (χ4v) is 1.18. The number of hydrogen-bond acceptors (Lipinski definition) is 3. The molecule has 2 heterocycles. The van der Waals surface area contributed by atoms with Crippen LogP contribution in [-0.4, -0.2) is 15.2 Å². The Morgan fingerprint density at radius 2 is 2.08 bits per heavy atom. The van der Waals surface area contributed by atoms with Gasteiger partial charge in [0.05, 0.1) is 5.69 Å². The summed E-state index contributed by atoms with van der Waals surface area (Å²) >= 11 is 0. The SMILES string of the molecule is CC(C)c1cc2cccnc2nn1. The molecule has 0 aliphatic carbocycles. The maximum absolute atomic E-state index is 4.11. The van der Waals surface area contributed by atoms with Gasteiger partial charge < -0.3 is 0 Å². The summed E-state index contributed by atoms with van der Waals surface area (Å²) in [6, 6.07) is 5.96. The molecule has 0 fully saturated rings. The van der Waals surface area contributed by atoms with Crippen LogP contribution in [0.15, 0.2) is 24.4 Å². The Morgan fingerprint density at radius 3 is 2.85 bits per heavy atom. The standard InChI is InChI=1S/C10H11N3/c1-7(2)9-6-8-4-3-5-11-10(8)13-12-9/h3-7H,1-2H3. The van der Waals surface area contributed by atoms with Crippen molar-refractivity contribution in [3.63, 3.8) is 0 Å². The van der Waals surface area contributed by atoms with Crippen molar-refractivity contribution >= 4 is 11.0 Å². The van der Waals surface area contributed by atoms with E-state index in [2.05, 4.69) is 29.0 Å². The fraction of sp³-hybridized carbons (Fsp3) is 0.300. The van der Waals surface area contributed by atoms with Gasteiger partial charge in [0, 0.05) is 11.6 Å². The number of rotatable bonds is 1. The smallest absolute Gasteiger partial charge is 0.181 e. The molecule has 13 heavy (non-hydrogen) atoms. The van der Waals surface area contributed by atoms with Crippen LogP contribution < -0.4 is 0 Å². The lowest BCUT2D eigenvalue weighted by atomic mass is 10.1. The Balaban J connectivity index is 2.62. The molecule has 0 aromatic carbocycles. The van der Waals surface area contributed by atoms with E-state index >= 15 is 0 Å². The van der Waals surface area contributed by atoms with Crippen LogP contribution in [0.1, 0.15) is 25.5 Å². The van der Waals surface area contributed by atoms with Gasteiger partial charge in [-0.15, -0.1) is 5.10 Å². The van der Waals surface area contributed by atoms with Gasteiger partial charge in [0.15, 0.2) is 5.65 Å². The molecule has 0 saturated carbocycles. The van der Waals surface area contributed by atoms with Gasteiger partial charge in [-0.05, 0) is 24.1 Å². The van der Waals surface area contributed by atoms with Crippen molar-refractivity contribution in [3.05, 3.63) is 30.1 Å². The van der Waals surface area contributed by atoms with E-state index in [1.807, 2.05) is 18.2 Å². The van der Waals surface area contributed by atoms with Crippen LogP contribution in [0.5, 0.6) is 0 Å². The molecular weight excluding hydrogens is 162 g/mol. The highest BCUT2D eigenvalue weighted by Crippen LogP contribution is 2.14. The van der Waals surface area contributed by atoms with Gasteiger partial charge in [0.25, 0.3) is 0 Å². The Labute approximate surface area is 76.8 Å². The van der Waals surface area contributed by atoms with Gasteiger partial charge in [-0.1, -0.05) is 13.8 Å². The summed E-state index contributed by atoms with van der Waals surface area (Å²) < 4.78 is 0. The van der Waals surface area contributed by atoms with Crippen molar-refractivity contribution in [1.82, 2.24) is 15.2 Å². The summed E-state index contributed by atoms with van der Waals surface area (Å²) in [5, 5.41) is 9.19. The van der Waals surface area contributed by atoms with Crippen LogP contribution in [0.25, 0.3) is 11.0 Å². The Bertz CT molecular complexity index is 423. The number of aromatic nitrogens is 3. The molecule has 0 bridgehead atoms. The third kappa shape index (κ3) is 1.49. The van der Waals surface area contributed by atoms with E-state index < -0.39 is 0 Å². The zero-order chi connectivity index (χ0) is 9.26. The van der Waals surface area contributed by atoms with Crippen molar-refractivity contribution in [3.8, 4) is 0 Å². The van der Waals surface area contributed by atoms with E-state index in [1.54, 1.807) is 6.20 Å². The molecule has 66 valence electrons. The Morgan fingerprint density at radius 1 is 1.23 bits per heavy atom. The highest BCUT2D eigenvalue weighted by atomic mass is 15.1. The topological polar surface area (TPSA) is 38.7 Å². The first-order chi connectivity index (χ1) is 6.27. The maximum Gasteiger partial charge on any atom is 0.181 e. The first-order valence-electron chi connectivity index (χ1n) is 4.36. The largest absolute Gasteiger partial charge is 0.235 e. The van der Waals surface area contributed by atoms with Crippen LogP contribution in [-0.2, 0) is 0 Å². The summed E-state index contributed by atoms with van der Waals surface area (Å²) in [6.45, 7) is 4.21. The second-order valence-corrected chi connectivity index (χ2v) is 3.34. The first kappa shape index (κ1) is 8.10. The molecule has 0 radical (unpaired) electrons. The van der Waals surface area contributed by atoms with Crippen LogP contribution in [0.3, 0.4) is 0 Å². The first-order valence-corrected chi connectivity index (χ1v) is 4.36. The highest BCUT2D eigenvalue weighted by Gasteiger charge is 2.02. The van der Waals surface area contributed by atoms with Gasteiger partial charge in [-0.25, -0.2) is 4.98 Å². The van der Waals surface area contributed by atoms with Crippen molar-refractivity contribution in [2.24, 2.45) is 0 Å². The van der Waals surface area contributed by atoms with Crippen LogP contribution in [0.2, 0.25) is 0 Å². The lowest BCUT2D eigenvalue weighted by molar-refractivity contribution is 0.792. The lowest BCUT2D eigenvalue weighted by Gasteiger charge is -2.02. The summed E-state index contributed by atoms with van der Waals surface area (Å²) in [5.74, 6) is 0.414. The second kappa shape index (κ2) is 3.09. The van der Waals surface area contributed by atoms with Gasteiger partial charge in [0.2, 0.25) is 0 Å². The summed E-state index contributed by atoms with van der Waals surface area (Å²) in [6.07, 6.45) is 1.73. The second-order valence-electron chi connectivity index (χ2n) is 3.34. The van der Waals surface area contributed by atoms with E-state index in [-0.39, 0.29) is 0 Å². The molecule has 0 amide bonds. The minimum atomic E-state index is 0.414. The van der Waals surface area contributed by atoms with Gasteiger partial charge >= 0.3 is 0 Å². The quantitative estimate of drug-likeness (QED) is 0.663. The molecule has 0 aliphatic heterocycles. The van der Waals surface area contributed by atoms with E-state index in [0.717, 1.165) is 11.1 Å². The Hall–Kier alpha value is -1.51. The van der Waals surface area contributed by atoms with Gasteiger partial charge in [-0.3, -0.25) is 0 Å². The highest BCUT2D eigenvalue weighted by molar-refractivity contribution is 5.73. The number of hydrogen-bond donors (Lipinski definition) is 0. The molecule has 2 aromatic heterocycles. The summed E-state index contributed by atoms with van der Waals surface area (Å²) in [4.78, 5) is 4.11. The average Bonchev–Trinajstić information content (AvgIpc) is 2.17. The zero-order valence-electron chi connectivity index (χ0n) is 7.73. The number of fused-ring (bicyclic) bond motifs is 1. The predicted molar refractivity (Wildman–Crippen MR) is 51.4 cm³/mol. The molecule has 0 spiro atoms. The fourth-order valence-electron chi connectivity index (χ4n) is 1.18. The molecule has 2 rings (SSSR count). The Kier molecular flexibility index (Phi) is 1.93. The van der Waals surface area contributed by atoms with Crippen molar-refractivity contribution in [2.45, 2.75) is 19.8 Å². The van der Waals surface area contributed by atoms with E-state index in [9.17, 15) is 0 Å². The predicted octanol–water partition coefficient (Wildman–Crippen LogP) is 2.15. The van der Waals surface area contributed by atoms with E-state index in [4.69, 9.17) is 0 Å². The molecule has 3 nitrogen and oxygen atoms in total.